The van der Waals surface area contributed by atoms with Crippen molar-refractivity contribution in [1.29, 1.82) is 0 Å². The van der Waals surface area contributed by atoms with Crippen molar-refractivity contribution < 1.29 is 28.9 Å². The molecule has 132 valence electrons. The van der Waals surface area contributed by atoms with Crippen molar-refractivity contribution >= 4 is 11.9 Å². The van der Waals surface area contributed by atoms with Gasteiger partial charge in [-0.3, -0.25) is 4.79 Å². The van der Waals surface area contributed by atoms with Gasteiger partial charge in [-0.05, 0) is 32.0 Å². The van der Waals surface area contributed by atoms with Crippen LogP contribution in [0.4, 0.5) is 0 Å². The van der Waals surface area contributed by atoms with Crippen molar-refractivity contribution in [1.82, 2.24) is 5.32 Å². The van der Waals surface area contributed by atoms with Crippen LogP contribution in [0.25, 0.3) is 0 Å². The van der Waals surface area contributed by atoms with Gasteiger partial charge < -0.3 is 24.6 Å². The van der Waals surface area contributed by atoms with Gasteiger partial charge in [0.05, 0.1) is 13.2 Å². The van der Waals surface area contributed by atoms with Gasteiger partial charge >= 0.3 is 5.97 Å². The summed E-state index contributed by atoms with van der Waals surface area (Å²) in [5.74, 6) is -0.489. The summed E-state index contributed by atoms with van der Waals surface area (Å²) in [4.78, 5) is 24.2. The number of amides is 1. The van der Waals surface area contributed by atoms with E-state index in [1.807, 2.05) is 13.8 Å². The summed E-state index contributed by atoms with van der Waals surface area (Å²) in [5.41, 5.74) is -0.964. The molecule has 7 heteroatoms. The second-order valence-corrected chi connectivity index (χ2v) is 5.48. The molecule has 24 heavy (non-hydrogen) atoms. The van der Waals surface area contributed by atoms with Crippen LogP contribution in [0.1, 0.15) is 37.0 Å². The molecule has 7 nitrogen and oxygen atoms in total. The van der Waals surface area contributed by atoms with Gasteiger partial charge in [0, 0.05) is 31.6 Å². The van der Waals surface area contributed by atoms with Crippen molar-refractivity contribution in [3.63, 3.8) is 0 Å². The lowest BCUT2D eigenvalue weighted by Gasteiger charge is -2.33. The highest BCUT2D eigenvalue weighted by atomic mass is 16.5. The van der Waals surface area contributed by atoms with E-state index in [2.05, 4.69) is 5.32 Å². The van der Waals surface area contributed by atoms with Gasteiger partial charge in [0.1, 0.15) is 5.54 Å². The Morgan fingerprint density at radius 1 is 1.17 bits per heavy atom. The van der Waals surface area contributed by atoms with E-state index in [9.17, 15) is 14.7 Å². The fourth-order valence-electron chi connectivity index (χ4n) is 2.59. The van der Waals surface area contributed by atoms with E-state index in [-0.39, 0.29) is 12.8 Å². The second-order valence-electron chi connectivity index (χ2n) is 5.48. The molecule has 0 saturated carbocycles. The van der Waals surface area contributed by atoms with E-state index in [0.717, 1.165) is 0 Å². The Kier molecular flexibility index (Phi) is 6.03. The molecule has 2 rings (SSSR count). The largest absolute Gasteiger partial charge is 0.490 e. The summed E-state index contributed by atoms with van der Waals surface area (Å²) in [6.07, 6.45) is 0.479. The Bertz CT molecular complexity index is 595. The molecule has 0 radical (unpaired) electrons. The number of nitrogens with one attached hydrogen (secondary N) is 1. The molecule has 1 amide bonds. The number of carboxylic acid groups (broad SMARTS) is 1. The fraction of sp³-hybridized carbons (Fsp3) is 0.529. The van der Waals surface area contributed by atoms with E-state index >= 15 is 0 Å². The summed E-state index contributed by atoms with van der Waals surface area (Å²) in [6.45, 7) is 5.22. The molecule has 1 aromatic rings. The number of hydrogen-bond acceptors (Lipinski definition) is 5. The Morgan fingerprint density at radius 3 is 2.38 bits per heavy atom. The highest BCUT2D eigenvalue weighted by Gasteiger charge is 2.41. The summed E-state index contributed by atoms with van der Waals surface area (Å²) in [6, 6.07) is 4.82. The quantitative estimate of drug-likeness (QED) is 0.788. The third-order valence-corrected chi connectivity index (χ3v) is 3.91. The molecule has 0 bridgehead atoms. The highest BCUT2D eigenvalue weighted by Crippen LogP contribution is 2.29. The molecule has 1 fully saturated rings. The Balaban J connectivity index is 2.22. The number of carbonyl (C=O) groups excluding carboxylic acids is 1. The lowest BCUT2D eigenvalue weighted by Crippen LogP contribution is -2.57. The van der Waals surface area contributed by atoms with Crippen molar-refractivity contribution in [3.05, 3.63) is 23.8 Å². The van der Waals surface area contributed by atoms with Crippen molar-refractivity contribution in [2.75, 3.05) is 26.4 Å². The van der Waals surface area contributed by atoms with Crippen LogP contribution in [0.5, 0.6) is 11.5 Å². The number of rotatable bonds is 7. The van der Waals surface area contributed by atoms with E-state index < -0.39 is 17.4 Å². The number of carboxylic acids is 1. The highest BCUT2D eigenvalue weighted by molar-refractivity contribution is 5.98. The van der Waals surface area contributed by atoms with Crippen LogP contribution < -0.4 is 14.8 Å². The molecule has 0 unspecified atom stereocenters. The predicted molar refractivity (Wildman–Crippen MR) is 86.7 cm³/mol. The number of ether oxygens (including phenoxy) is 3. The van der Waals surface area contributed by atoms with Crippen LogP contribution in [0.15, 0.2) is 18.2 Å². The van der Waals surface area contributed by atoms with Gasteiger partial charge in [0.25, 0.3) is 5.91 Å². The van der Waals surface area contributed by atoms with Crippen LogP contribution in [-0.4, -0.2) is 48.9 Å². The molecule has 1 heterocycles. The van der Waals surface area contributed by atoms with Crippen LogP contribution in [0.3, 0.4) is 0 Å². The number of aliphatic carboxylic acids is 1. The molecule has 2 N–H and O–H groups in total. The van der Waals surface area contributed by atoms with E-state index in [1.54, 1.807) is 18.2 Å². The Hall–Kier alpha value is -2.28. The first-order valence-corrected chi connectivity index (χ1v) is 8.05. The molecular formula is C17H23NO6. The molecule has 0 atom stereocenters. The molecule has 1 saturated heterocycles. The van der Waals surface area contributed by atoms with Gasteiger partial charge in [0.15, 0.2) is 11.5 Å². The van der Waals surface area contributed by atoms with Crippen LogP contribution in [-0.2, 0) is 9.53 Å². The van der Waals surface area contributed by atoms with Gasteiger partial charge in [-0.1, -0.05) is 0 Å². The fourth-order valence-corrected chi connectivity index (χ4v) is 2.59. The van der Waals surface area contributed by atoms with E-state index in [0.29, 0.717) is 43.5 Å². The van der Waals surface area contributed by atoms with Crippen molar-refractivity contribution in [3.8, 4) is 11.5 Å². The first-order valence-electron chi connectivity index (χ1n) is 8.05. The third kappa shape index (κ3) is 3.97. The molecule has 0 aromatic heterocycles. The minimum absolute atomic E-state index is 0.240. The minimum Gasteiger partial charge on any atom is -0.490 e. The van der Waals surface area contributed by atoms with Gasteiger partial charge in [0.2, 0.25) is 0 Å². The van der Waals surface area contributed by atoms with Gasteiger partial charge in [-0.25, -0.2) is 4.79 Å². The van der Waals surface area contributed by atoms with Crippen LogP contribution >= 0.6 is 0 Å². The summed E-state index contributed by atoms with van der Waals surface area (Å²) in [5, 5.41) is 12.2. The minimum atomic E-state index is -1.29. The molecule has 0 aliphatic carbocycles. The molecule has 1 aliphatic rings. The molecular weight excluding hydrogens is 314 g/mol. The predicted octanol–water partition coefficient (Wildman–Crippen LogP) is 1.85. The number of benzene rings is 1. The third-order valence-electron chi connectivity index (χ3n) is 3.91. The number of hydrogen-bond donors (Lipinski definition) is 2. The lowest BCUT2D eigenvalue weighted by molar-refractivity contribution is -0.148. The topological polar surface area (TPSA) is 94.1 Å². The van der Waals surface area contributed by atoms with Crippen LogP contribution in [0, 0.1) is 0 Å². The first kappa shape index (κ1) is 18.1. The average Bonchev–Trinajstić information content (AvgIpc) is 2.57. The van der Waals surface area contributed by atoms with E-state index in [4.69, 9.17) is 14.2 Å². The maximum absolute atomic E-state index is 12.5. The van der Waals surface area contributed by atoms with Gasteiger partial charge in [-0.15, -0.1) is 0 Å². The summed E-state index contributed by atoms with van der Waals surface area (Å²) >= 11 is 0. The zero-order valence-corrected chi connectivity index (χ0v) is 14.0. The number of carbonyl (C=O) groups is 2. The zero-order chi connectivity index (χ0) is 17.6. The molecule has 1 aromatic carbocycles. The Morgan fingerprint density at radius 2 is 1.79 bits per heavy atom. The normalized spacial score (nSPS) is 16.2. The monoisotopic (exact) mass is 337 g/mol. The summed E-state index contributed by atoms with van der Waals surface area (Å²) in [7, 11) is 0. The average molecular weight is 337 g/mol. The second kappa shape index (κ2) is 8.01. The smallest absolute Gasteiger partial charge is 0.329 e. The van der Waals surface area contributed by atoms with Crippen LogP contribution in [0.2, 0.25) is 0 Å². The lowest BCUT2D eigenvalue weighted by atomic mass is 9.89. The Labute approximate surface area is 140 Å². The van der Waals surface area contributed by atoms with Crippen molar-refractivity contribution in [2.24, 2.45) is 0 Å². The standard InChI is InChI=1S/C17H23NO6/c1-3-23-13-6-5-12(11-14(13)24-4-2)15(19)18-17(16(20)21)7-9-22-10-8-17/h5-6,11H,3-4,7-10H2,1-2H3,(H,18,19)(H,20,21). The summed E-state index contributed by atoms with van der Waals surface area (Å²) < 4.78 is 16.2. The maximum Gasteiger partial charge on any atom is 0.329 e. The first-order chi connectivity index (χ1) is 11.5. The SMILES string of the molecule is CCOc1ccc(C(=O)NC2(C(=O)O)CCOCC2)cc1OCC. The maximum atomic E-state index is 12.5. The zero-order valence-electron chi connectivity index (χ0n) is 14.0. The van der Waals surface area contributed by atoms with Gasteiger partial charge in [-0.2, -0.15) is 0 Å². The van der Waals surface area contributed by atoms with E-state index in [1.165, 1.54) is 0 Å². The molecule has 1 aliphatic heterocycles. The van der Waals surface area contributed by atoms with Crippen molar-refractivity contribution in [2.45, 2.75) is 32.2 Å². The molecule has 0 spiro atoms.